The third-order valence-electron chi connectivity index (χ3n) is 2.09. The molecule has 1 aliphatic heterocycles. The van der Waals surface area contributed by atoms with Gasteiger partial charge in [-0.15, -0.1) is 0 Å². The lowest BCUT2D eigenvalue weighted by Gasteiger charge is -1.99. The van der Waals surface area contributed by atoms with Gasteiger partial charge >= 0.3 is 0 Å². The van der Waals surface area contributed by atoms with Crippen LogP contribution in [-0.2, 0) is 0 Å². The summed E-state index contributed by atoms with van der Waals surface area (Å²) in [4.78, 5) is 32.4. The summed E-state index contributed by atoms with van der Waals surface area (Å²) in [6.07, 6.45) is 0. The molecule has 0 aromatic heterocycles. The lowest BCUT2D eigenvalue weighted by Crippen LogP contribution is -2.20. The fourth-order valence-electron chi connectivity index (χ4n) is 1.46. The Morgan fingerprint density at radius 2 is 1.83 bits per heavy atom. The van der Waals surface area contributed by atoms with Crippen LogP contribution in [0.3, 0.4) is 0 Å². The van der Waals surface area contributed by atoms with Gasteiger partial charge in [0.2, 0.25) is 0 Å². The van der Waals surface area contributed by atoms with Crippen LogP contribution in [-0.4, -0.2) is 28.5 Å². The van der Waals surface area contributed by atoms with Crippen molar-refractivity contribution in [2.75, 3.05) is 12.3 Å². The van der Waals surface area contributed by atoms with Crippen LogP contribution in [0.2, 0.25) is 0 Å². The van der Waals surface area contributed by atoms with E-state index in [4.69, 9.17) is 10.8 Å². The Bertz CT molecular complexity index is 526. The number of amides is 2. The van der Waals surface area contributed by atoms with Gasteiger partial charge in [0.05, 0.1) is 10.5 Å². The SMILES string of the molecule is CCO.Nc1ccc([N+](=O)[O-])c2c1C(=O)NC2=O. The van der Waals surface area contributed by atoms with E-state index in [0.29, 0.717) is 0 Å². The Hall–Kier alpha value is -2.48. The molecule has 1 heterocycles. The number of carbonyl (C=O) groups excluding carboxylic acids is 2. The summed E-state index contributed by atoms with van der Waals surface area (Å²) < 4.78 is 0. The van der Waals surface area contributed by atoms with E-state index < -0.39 is 22.4 Å². The first-order valence-corrected chi connectivity index (χ1v) is 4.97. The molecule has 0 spiro atoms. The van der Waals surface area contributed by atoms with Gasteiger partial charge in [0.1, 0.15) is 5.56 Å². The lowest BCUT2D eigenvalue weighted by molar-refractivity contribution is -0.385. The van der Waals surface area contributed by atoms with Gasteiger partial charge in [-0.05, 0) is 13.0 Å². The number of nitro benzene ring substituents is 1. The van der Waals surface area contributed by atoms with E-state index >= 15 is 0 Å². The number of carbonyl (C=O) groups is 2. The number of nitro groups is 1. The third-order valence-corrected chi connectivity index (χ3v) is 2.09. The van der Waals surface area contributed by atoms with E-state index in [1.54, 1.807) is 6.92 Å². The van der Waals surface area contributed by atoms with Gasteiger partial charge in [0.25, 0.3) is 17.5 Å². The van der Waals surface area contributed by atoms with Crippen LogP contribution in [0, 0.1) is 10.1 Å². The number of fused-ring (bicyclic) bond motifs is 1. The quantitative estimate of drug-likeness (QED) is 0.280. The second-order valence-corrected chi connectivity index (χ2v) is 3.28. The molecule has 1 aromatic rings. The highest BCUT2D eigenvalue weighted by Gasteiger charge is 2.36. The van der Waals surface area contributed by atoms with Crippen LogP contribution in [0.25, 0.3) is 0 Å². The normalized spacial score (nSPS) is 12.3. The van der Waals surface area contributed by atoms with E-state index in [1.165, 1.54) is 6.07 Å². The highest BCUT2D eigenvalue weighted by Crippen LogP contribution is 2.30. The molecule has 0 unspecified atom stereocenters. The second kappa shape index (κ2) is 5.23. The van der Waals surface area contributed by atoms with Gasteiger partial charge < -0.3 is 10.8 Å². The topological polar surface area (TPSA) is 136 Å². The van der Waals surface area contributed by atoms with Crippen molar-refractivity contribution >= 4 is 23.2 Å². The van der Waals surface area contributed by atoms with E-state index in [2.05, 4.69) is 0 Å². The molecule has 96 valence electrons. The Morgan fingerprint density at radius 1 is 1.33 bits per heavy atom. The molecule has 0 saturated carbocycles. The number of aliphatic hydroxyl groups is 1. The Morgan fingerprint density at radius 3 is 2.33 bits per heavy atom. The molecule has 2 amide bonds. The van der Waals surface area contributed by atoms with Crippen LogP contribution in [0.1, 0.15) is 27.6 Å². The minimum Gasteiger partial charge on any atom is -0.398 e. The Balaban J connectivity index is 0.000000492. The first-order valence-electron chi connectivity index (χ1n) is 4.97. The minimum atomic E-state index is -0.783. The second-order valence-electron chi connectivity index (χ2n) is 3.28. The monoisotopic (exact) mass is 253 g/mol. The Kier molecular flexibility index (Phi) is 3.95. The smallest absolute Gasteiger partial charge is 0.283 e. The fraction of sp³-hybridized carbons (Fsp3) is 0.200. The maximum atomic E-state index is 11.3. The summed E-state index contributed by atoms with van der Waals surface area (Å²) in [5.41, 5.74) is 4.72. The van der Waals surface area contributed by atoms with E-state index in [-0.39, 0.29) is 23.4 Å². The van der Waals surface area contributed by atoms with Crippen molar-refractivity contribution in [3.8, 4) is 0 Å². The number of imide groups is 1. The zero-order valence-electron chi connectivity index (χ0n) is 9.47. The molecule has 2 rings (SSSR count). The summed E-state index contributed by atoms with van der Waals surface area (Å²) in [6, 6.07) is 2.33. The first-order chi connectivity index (χ1) is 8.43. The zero-order chi connectivity index (χ0) is 13.9. The molecule has 1 aliphatic rings. The molecular formula is C10H11N3O5. The van der Waals surface area contributed by atoms with Gasteiger partial charge in [-0.3, -0.25) is 25.0 Å². The highest BCUT2D eigenvalue weighted by atomic mass is 16.6. The number of nitrogen functional groups attached to an aromatic ring is 1. The van der Waals surface area contributed by atoms with Crippen LogP contribution in [0.5, 0.6) is 0 Å². The van der Waals surface area contributed by atoms with Crippen LogP contribution in [0.4, 0.5) is 11.4 Å². The number of rotatable bonds is 1. The number of hydrogen-bond acceptors (Lipinski definition) is 6. The number of benzene rings is 1. The van der Waals surface area contributed by atoms with E-state index in [1.807, 2.05) is 5.32 Å². The molecule has 1 aromatic carbocycles. The molecule has 8 nitrogen and oxygen atoms in total. The summed E-state index contributed by atoms with van der Waals surface area (Å²) >= 11 is 0. The van der Waals surface area contributed by atoms with Crippen molar-refractivity contribution in [2.24, 2.45) is 0 Å². The van der Waals surface area contributed by atoms with E-state index in [9.17, 15) is 19.7 Å². The van der Waals surface area contributed by atoms with Gasteiger partial charge in [-0.1, -0.05) is 0 Å². The lowest BCUT2D eigenvalue weighted by atomic mass is 10.1. The van der Waals surface area contributed by atoms with Crippen molar-refractivity contribution in [1.82, 2.24) is 5.32 Å². The predicted octanol–water partition coefficient (Wildman–Crippen LogP) is 0.0592. The van der Waals surface area contributed by atoms with Gasteiger partial charge in [0.15, 0.2) is 0 Å². The van der Waals surface area contributed by atoms with Crippen LogP contribution >= 0.6 is 0 Å². The molecule has 0 aliphatic carbocycles. The molecule has 0 atom stereocenters. The number of aliphatic hydroxyl groups excluding tert-OH is 1. The summed E-state index contributed by atoms with van der Waals surface area (Å²) in [5, 5.41) is 20.1. The fourth-order valence-corrected chi connectivity index (χ4v) is 1.46. The zero-order valence-corrected chi connectivity index (χ0v) is 9.47. The summed E-state index contributed by atoms with van der Waals surface area (Å²) in [5.74, 6) is -1.48. The van der Waals surface area contributed by atoms with Crippen LogP contribution in [0.15, 0.2) is 12.1 Å². The maximum absolute atomic E-state index is 11.3. The van der Waals surface area contributed by atoms with Crippen molar-refractivity contribution in [2.45, 2.75) is 6.92 Å². The molecule has 18 heavy (non-hydrogen) atoms. The molecule has 0 radical (unpaired) electrons. The largest absolute Gasteiger partial charge is 0.398 e. The third kappa shape index (κ3) is 2.28. The first kappa shape index (κ1) is 13.6. The maximum Gasteiger partial charge on any atom is 0.283 e. The van der Waals surface area contributed by atoms with Crippen molar-refractivity contribution in [1.29, 1.82) is 0 Å². The number of anilines is 1. The summed E-state index contributed by atoms with van der Waals surface area (Å²) in [7, 11) is 0. The van der Waals surface area contributed by atoms with Gasteiger partial charge in [-0.2, -0.15) is 0 Å². The highest BCUT2D eigenvalue weighted by molar-refractivity contribution is 6.25. The Labute approximate surface area is 102 Å². The molecule has 0 bridgehead atoms. The average molecular weight is 253 g/mol. The predicted molar refractivity (Wildman–Crippen MR) is 62.1 cm³/mol. The number of nitrogens with one attached hydrogen (secondary N) is 1. The molecule has 0 saturated heterocycles. The summed E-state index contributed by atoms with van der Waals surface area (Å²) in [6.45, 7) is 1.93. The van der Waals surface area contributed by atoms with E-state index in [0.717, 1.165) is 6.07 Å². The molecule has 0 fully saturated rings. The van der Waals surface area contributed by atoms with Crippen molar-refractivity contribution in [3.05, 3.63) is 33.4 Å². The van der Waals surface area contributed by atoms with Crippen molar-refractivity contribution < 1.29 is 19.6 Å². The van der Waals surface area contributed by atoms with Gasteiger partial charge in [-0.25, -0.2) is 0 Å². The minimum absolute atomic E-state index is 0.0546. The number of nitrogens with zero attached hydrogens (tertiary/aromatic N) is 1. The molecule has 8 heteroatoms. The van der Waals surface area contributed by atoms with Crippen LogP contribution < -0.4 is 11.1 Å². The standard InChI is InChI=1S/C8H5N3O4.C2H6O/c9-3-1-2-4(11(14)15)6-5(3)7(12)10-8(6)13;1-2-3/h1-2H,9H2,(H,10,12,13);3H,2H2,1H3. The molecular weight excluding hydrogens is 242 g/mol. The van der Waals surface area contributed by atoms with Gasteiger partial charge in [0, 0.05) is 18.4 Å². The average Bonchev–Trinajstić information content (AvgIpc) is 2.57. The molecule has 4 N–H and O–H groups in total. The van der Waals surface area contributed by atoms with Crippen molar-refractivity contribution in [3.63, 3.8) is 0 Å². The number of hydrogen-bond donors (Lipinski definition) is 3. The number of nitrogens with two attached hydrogens (primary N) is 1.